The Morgan fingerprint density at radius 3 is 2.79 bits per heavy atom. The van der Waals surface area contributed by atoms with Crippen LogP contribution in [0.3, 0.4) is 0 Å². The van der Waals surface area contributed by atoms with Crippen molar-refractivity contribution in [1.82, 2.24) is 5.43 Å². The van der Waals surface area contributed by atoms with Gasteiger partial charge in [0, 0.05) is 12.0 Å². The molecule has 0 bridgehead atoms. The molecule has 0 saturated carbocycles. The fraction of sp³-hybridized carbons (Fsp3) is 0.133. The number of nitrogens with zero attached hydrogens (tertiary/aromatic N) is 1. The average molecular weight is 387 g/mol. The zero-order valence-electron chi connectivity index (χ0n) is 12.2. The van der Waals surface area contributed by atoms with Crippen molar-refractivity contribution >= 4 is 52.1 Å². The number of hydrazone groups is 1. The molecule has 0 unspecified atom stereocenters. The first-order valence-electron chi connectivity index (χ1n) is 6.93. The third-order valence-electron chi connectivity index (χ3n) is 3.43. The van der Waals surface area contributed by atoms with Crippen LogP contribution in [0.4, 0.5) is 5.69 Å². The number of aromatic amines is 1. The second-order valence-corrected chi connectivity index (χ2v) is 6.08. The van der Waals surface area contributed by atoms with Gasteiger partial charge in [0.25, 0.3) is 10.8 Å². The lowest BCUT2D eigenvalue weighted by molar-refractivity contribution is -0.379. The molecule has 1 aromatic heterocycles. The molecule has 124 valence electrons. The van der Waals surface area contributed by atoms with E-state index in [1.807, 2.05) is 24.3 Å². The molecule has 1 amide bonds. The van der Waals surface area contributed by atoms with Crippen LogP contribution in [0.1, 0.15) is 22.5 Å². The number of hydrogen-bond acceptors (Lipinski definition) is 4. The van der Waals surface area contributed by atoms with Gasteiger partial charge in [0.1, 0.15) is 15.8 Å². The Balaban J connectivity index is 1.87. The number of halogens is 3. The van der Waals surface area contributed by atoms with E-state index in [0.717, 1.165) is 11.3 Å². The zero-order valence-corrected chi connectivity index (χ0v) is 14.5. The maximum absolute atomic E-state index is 12.3. The summed E-state index contributed by atoms with van der Waals surface area (Å²) in [4.78, 5) is 14.9. The normalized spacial score (nSPS) is 14.9. The number of rotatable bonds is 2. The van der Waals surface area contributed by atoms with Crippen molar-refractivity contribution in [1.29, 1.82) is 0 Å². The fourth-order valence-electron chi connectivity index (χ4n) is 2.24. The summed E-state index contributed by atoms with van der Waals surface area (Å²) in [7, 11) is 0. The molecular weight excluding hydrogens is 375 g/mol. The molecule has 4 N–H and O–H groups in total. The molecule has 0 spiro atoms. The average Bonchev–Trinajstić information content (AvgIpc) is 2.60. The highest BCUT2D eigenvalue weighted by atomic mass is 35.5. The van der Waals surface area contributed by atoms with Crippen LogP contribution in [-0.2, 0) is 0 Å². The Morgan fingerprint density at radius 2 is 2.00 bits per heavy atom. The van der Waals surface area contributed by atoms with Gasteiger partial charge in [-0.15, -0.1) is 0 Å². The monoisotopic (exact) mass is 385 g/mol. The lowest BCUT2D eigenvalue weighted by Crippen LogP contribution is -2.30. The SMILES string of the molecule is Nc1c(Cl)c(Cl)[nH+]c(C(=O)N/N=C2/CCOc3ccccc32)c1Cl. The third-order valence-corrected chi connectivity index (χ3v) is 4.60. The number of benzene rings is 1. The summed E-state index contributed by atoms with van der Waals surface area (Å²) < 4.78 is 5.54. The Hall–Kier alpha value is -2.02. The predicted molar refractivity (Wildman–Crippen MR) is 93.0 cm³/mol. The third kappa shape index (κ3) is 3.13. The number of nitrogens with one attached hydrogen (secondary N) is 2. The van der Waals surface area contributed by atoms with E-state index in [1.165, 1.54) is 0 Å². The van der Waals surface area contributed by atoms with Gasteiger partial charge in [-0.05, 0) is 23.7 Å². The van der Waals surface area contributed by atoms with Crippen LogP contribution in [-0.4, -0.2) is 18.2 Å². The van der Waals surface area contributed by atoms with E-state index in [2.05, 4.69) is 15.5 Å². The van der Waals surface area contributed by atoms with Crippen molar-refractivity contribution in [3.05, 3.63) is 50.7 Å². The number of nitrogens with two attached hydrogens (primary N) is 1. The molecule has 1 aliphatic heterocycles. The number of amides is 1. The highest BCUT2D eigenvalue weighted by Crippen LogP contribution is 2.32. The summed E-state index contributed by atoms with van der Waals surface area (Å²) >= 11 is 17.8. The number of anilines is 1. The molecule has 2 aromatic rings. The van der Waals surface area contributed by atoms with Gasteiger partial charge < -0.3 is 10.5 Å². The summed E-state index contributed by atoms with van der Waals surface area (Å²) in [6.45, 7) is 0.484. The van der Waals surface area contributed by atoms with Crippen molar-refractivity contribution < 1.29 is 14.5 Å². The Labute approximate surface area is 152 Å². The van der Waals surface area contributed by atoms with E-state index in [4.69, 9.17) is 45.3 Å². The van der Waals surface area contributed by atoms with Crippen LogP contribution in [0.15, 0.2) is 29.4 Å². The number of carbonyl (C=O) groups is 1. The van der Waals surface area contributed by atoms with Crippen molar-refractivity contribution in [3.63, 3.8) is 0 Å². The number of aromatic nitrogens is 1. The van der Waals surface area contributed by atoms with E-state index < -0.39 is 5.91 Å². The number of para-hydroxylation sites is 1. The van der Waals surface area contributed by atoms with Crippen LogP contribution in [0.2, 0.25) is 15.2 Å². The second kappa shape index (κ2) is 6.84. The van der Waals surface area contributed by atoms with Gasteiger partial charge in [-0.25, -0.2) is 5.43 Å². The largest absolute Gasteiger partial charge is 0.492 e. The molecule has 0 atom stereocenters. The van der Waals surface area contributed by atoms with Gasteiger partial charge in [-0.3, -0.25) is 4.79 Å². The first-order valence-corrected chi connectivity index (χ1v) is 8.06. The number of carbonyl (C=O) groups excluding carboxylic acids is 1. The highest BCUT2D eigenvalue weighted by molar-refractivity contribution is 6.45. The van der Waals surface area contributed by atoms with E-state index in [1.54, 1.807) is 0 Å². The van der Waals surface area contributed by atoms with Crippen LogP contribution in [0.5, 0.6) is 5.75 Å². The van der Waals surface area contributed by atoms with Crippen molar-refractivity contribution in [2.75, 3.05) is 12.3 Å². The first kappa shape index (κ1) is 16.8. The molecule has 1 aliphatic rings. The molecule has 24 heavy (non-hydrogen) atoms. The Morgan fingerprint density at radius 1 is 1.25 bits per heavy atom. The van der Waals surface area contributed by atoms with Crippen LogP contribution >= 0.6 is 34.8 Å². The molecule has 0 aliphatic carbocycles. The van der Waals surface area contributed by atoms with Gasteiger partial charge in [-0.1, -0.05) is 35.3 Å². The zero-order chi connectivity index (χ0) is 17.3. The number of ether oxygens (including phenoxy) is 1. The van der Waals surface area contributed by atoms with E-state index in [-0.39, 0.29) is 26.6 Å². The number of H-pyrrole nitrogens is 1. The molecule has 1 aromatic carbocycles. The van der Waals surface area contributed by atoms with Gasteiger partial charge in [-0.2, -0.15) is 10.1 Å². The second-order valence-electron chi connectivity index (χ2n) is 4.95. The summed E-state index contributed by atoms with van der Waals surface area (Å²) in [6, 6.07) is 7.45. The maximum atomic E-state index is 12.3. The van der Waals surface area contributed by atoms with Gasteiger partial charge in [0.05, 0.1) is 18.0 Å². The Kier molecular flexibility index (Phi) is 4.80. The van der Waals surface area contributed by atoms with Gasteiger partial charge in [0.15, 0.2) is 0 Å². The lowest BCUT2D eigenvalue weighted by atomic mass is 10.0. The minimum absolute atomic E-state index is 0.0190. The number of nitrogen functional groups attached to an aromatic ring is 1. The molecule has 0 saturated heterocycles. The molecule has 3 rings (SSSR count). The van der Waals surface area contributed by atoms with Crippen LogP contribution in [0.25, 0.3) is 0 Å². The molecule has 0 radical (unpaired) electrons. The van der Waals surface area contributed by atoms with Crippen molar-refractivity contribution in [3.8, 4) is 5.75 Å². The van der Waals surface area contributed by atoms with E-state index in [9.17, 15) is 4.79 Å². The molecular formula is C15H12Cl3N4O2+. The summed E-state index contributed by atoms with van der Waals surface area (Å²) in [5.74, 6) is 0.141. The van der Waals surface area contributed by atoms with Gasteiger partial charge >= 0.3 is 5.91 Å². The summed E-state index contributed by atoms with van der Waals surface area (Å²) in [6.07, 6.45) is 0.568. The number of hydrogen-bond donors (Lipinski definition) is 2. The summed E-state index contributed by atoms with van der Waals surface area (Å²) in [5, 5.41) is 4.23. The standard InChI is InChI=1S/C15H11Cl3N4O2/c16-10-12(19)11(17)14(18)20-13(10)15(23)22-21-8-5-6-24-9-4-2-1-3-7(8)9/h1-4H,5-6H2,(H2,19,20)(H,22,23)/p+1/b21-8-. The molecule has 0 fully saturated rings. The highest BCUT2D eigenvalue weighted by Gasteiger charge is 2.26. The minimum Gasteiger partial charge on any atom is -0.492 e. The fourth-order valence-corrected chi connectivity index (χ4v) is 2.85. The van der Waals surface area contributed by atoms with Crippen molar-refractivity contribution in [2.24, 2.45) is 5.10 Å². The lowest BCUT2D eigenvalue weighted by Gasteiger charge is -2.18. The van der Waals surface area contributed by atoms with Gasteiger partial charge in [0.2, 0.25) is 0 Å². The minimum atomic E-state index is -0.582. The number of fused-ring (bicyclic) bond motifs is 1. The molecule has 9 heteroatoms. The van der Waals surface area contributed by atoms with Crippen LogP contribution in [0, 0.1) is 0 Å². The summed E-state index contributed by atoms with van der Waals surface area (Å²) in [5.41, 5.74) is 9.70. The quantitative estimate of drug-likeness (QED) is 0.614. The van der Waals surface area contributed by atoms with Crippen molar-refractivity contribution in [2.45, 2.75) is 6.42 Å². The number of pyridine rings is 1. The van der Waals surface area contributed by atoms with Crippen LogP contribution < -0.4 is 20.9 Å². The maximum Gasteiger partial charge on any atom is 0.337 e. The predicted octanol–water partition coefficient (Wildman–Crippen LogP) is 2.96. The smallest absolute Gasteiger partial charge is 0.337 e. The molecule has 6 nitrogen and oxygen atoms in total. The topological polar surface area (TPSA) is 90.8 Å². The first-order chi connectivity index (χ1) is 11.5. The molecule has 2 heterocycles. The van der Waals surface area contributed by atoms with E-state index >= 15 is 0 Å². The Bertz CT molecular complexity index is 855. The van der Waals surface area contributed by atoms with E-state index in [0.29, 0.717) is 18.7 Å².